The van der Waals surface area contributed by atoms with Gasteiger partial charge in [-0.25, -0.2) is 4.39 Å². The summed E-state index contributed by atoms with van der Waals surface area (Å²) in [6, 6.07) is 6.50. The van der Waals surface area contributed by atoms with Gasteiger partial charge in [0.25, 0.3) is 0 Å². The van der Waals surface area contributed by atoms with E-state index < -0.39 is 5.60 Å². The molecule has 82 valence electrons. The first kappa shape index (κ1) is 10.6. The average Bonchev–Trinajstić information content (AvgIpc) is 2.43. The summed E-state index contributed by atoms with van der Waals surface area (Å²) in [5.41, 5.74) is -0.0119. The highest BCUT2D eigenvalue weighted by Crippen LogP contribution is 2.34. The van der Waals surface area contributed by atoms with Gasteiger partial charge in [-0.2, -0.15) is 0 Å². The quantitative estimate of drug-likeness (QED) is 0.761. The van der Waals surface area contributed by atoms with E-state index in [2.05, 4.69) is 11.8 Å². The molecule has 2 rings (SSSR count). The summed E-state index contributed by atoms with van der Waals surface area (Å²) >= 11 is 0. The molecular weight excluding hydrogens is 193 g/mol. The zero-order valence-corrected chi connectivity index (χ0v) is 9.07. The molecule has 2 nitrogen and oxygen atoms in total. The molecule has 15 heavy (non-hydrogen) atoms. The van der Waals surface area contributed by atoms with Crippen LogP contribution in [0, 0.1) is 5.82 Å². The molecule has 0 aliphatic carbocycles. The molecule has 0 aromatic heterocycles. The lowest BCUT2D eigenvalue weighted by molar-refractivity contribution is 0.0485. The summed E-state index contributed by atoms with van der Waals surface area (Å²) in [4.78, 5) is 2.11. The zero-order chi connectivity index (χ0) is 11.1. The summed E-state index contributed by atoms with van der Waals surface area (Å²) in [5.74, 6) is -0.262. The van der Waals surface area contributed by atoms with E-state index in [1.54, 1.807) is 12.1 Å². The molecule has 3 heteroatoms. The summed E-state index contributed by atoms with van der Waals surface area (Å²) in [5, 5.41) is 10.4. The van der Waals surface area contributed by atoms with Crippen molar-refractivity contribution in [2.75, 3.05) is 13.6 Å². The molecular formula is C12H16FNO. The van der Waals surface area contributed by atoms with Gasteiger partial charge in [0.2, 0.25) is 0 Å². The van der Waals surface area contributed by atoms with Crippen LogP contribution in [0.25, 0.3) is 0 Å². The Balaban J connectivity index is 2.27. The van der Waals surface area contributed by atoms with Crippen LogP contribution >= 0.6 is 0 Å². The van der Waals surface area contributed by atoms with Crippen molar-refractivity contribution in [1.29, 1.82) is 0 Å². The molecule has 0 bridgehead atoms. The molecule has 1 aromatic carbocycles. The first-order chi connectivity index (χ1) is 7.01. The van der Waals surface area contributed by atoms with Crippen LogP contribution < -0.4 is 0 Å². The third-order valence-electron chi connectivity index (χ3n) is 3.28. The molecule has 0 radical (unpaired) electrons. The van der Waals surface area contributed by atoms with Crippen LogP contribution in [0.4, 0.5) is 4.39 Å². The molecule has 0 saturated carbocycles. The first-order valence-corrected chi connectivity index (χ1v) is 5.20. The molecule has 0 spiro atoms. The summed E-state index contributed by atoms with van der Waals surface area (Å²) in [6.45, 7) is 2.70. The molecule has 1 aliphatic rings. The number of rotatable bonds is 1. The van der Waals surface area contributed by atoms with Crippen molar-refractivity contribution in [3.8, 4) is 0 Å². The van der Waals surface area contributed by atoms with Gasteiger partial charge in [-0.1, -0.05) is 12.1 Å². The van der Waals surface area contributed by atoms with Gasteiger partial charge in [0.05, 0.1) is 0 Å². The fraction of sp³-hybridized carbons (Fsp3) is 0.500. The van der Waals surface area contributed by atoms with Crippen molar-refractivity contribution >= 4 is 0 Å². The Morgan fingerprint density at radius 1 is 1.40 bits per heavy atom. The Hall–Kier alpha value is -0.930. The van der Waals surface area contributed by atoms with Crippen molar-refractivity contribution in [2.45, 2.75) is 25.0 Å². The van der Waals surface area contributed by atoms with Gasteiger partial charge in [0, 0.05) is 12.6 Å². The second-order valence-corrected chi connectivity index (χ2v) is 4.51. The fourth-order valence-corrected chi connectivity index (χ4v) is 2.25. The van der Waals surface area contributed by atoms with E-state index in [0.717, 1.165) is 5.56 Å². The summed E-state index contributed by atoms with van der Waals surface area (Å²) in [7, 11) is 1.99. The van der Waals surface area contributed by atoms with Crippen LogP contribution in [0.5, 0.6) is 0 Å². The summed E-state index contributed by atoms with van der Waals surface area (Å²) < 4.78 is 12.8. The minimum absolute atomic E-state index is 0.262. The smallest absolute Gasteiger partial charge is 0.123 e. The fourth-order valence-electron chi connectivity index (χ4n) is 2.25. The highest BCUT2D eigenvalue weighted by Gasteiger charge is 2.40. The lowest BCUT2D eigenvalue weighted by Crippen LogP contribution is -2.29. The topological polar surface area (TPSA) is 23.5 Å². The maximum atomic E-state index is 12.8. The standard InChI is InChI=1S/C12H16FNO/c1-9-7-12(15,8-14(9)2)10-3-5-11(13)6-4-10/h3-6,9,15H,7-8H2,1-2H3. The van der Waals surface area contributed by atoms with Gasteiger partial charge >= 0.3 is 0 Å². The zero-order valence-electron chi connectivity index (χ0n) is 9.07. The van der Waals surface area contributed by atoms with E-state index in [1.807, 2.05) is 7.05 Å². The number of hydrogen-bond acceptors (Lipinski definition) is 2. The molecule has 1 aromatic rings. The van der Waals surface area contributed by atoms with Gasteiger partial charge in [-0.3, -0.25) is 0 Å². The van der Waals surface area contributed by atoms with E-state index in [1.165, 1.54) is 12.1 Å². The van der Waals surface area contributed by atoms with Crippen molar-refractivity contribution in [3.05, 3.63) is 35.6 Å². The third kappa shape index (κ3) is 1.90. The van der Waals surface area contributed by atoms with Crippen molar-refractivity contribution in [2.24, 2.45) is 0 Å². The molecule has 2 atom stereocenters. The van der Waals surface area contributed by atoms with Crippen LogP contribution in [0.2, 0.25) is 0 Å². The predicted octanol–water partition coefficient (Wildman–Crippen LogP) is 1.74. The van der Waals surface area contributed by atoms with Gasteiger partial charge in [-0.15, -0.1) is 0 Å². The van der Waals surface area contributed by atoms with Crippen LogP contribution in [0.15, 0.2) is 24.3 Å². The predicted molar refractivity (Wildman–Crippen MR) is 57.0 cm³/mol. The normalized spacial score (nSPS) is 32.1. The number of hydrogen-bond donors (Lipinski definition) is 1. The second kappa shape index (κ2) is 3.58. The molecule has 1 aliphatic heterocycles. The number of likely N-dealkylation sites (tertiary alicyclic amines) is 1. The number of β-amino-alcohol motifs (C(OH)–C–C–N with tert-alkyl or cyclic N) is 1. The minimum atomic E-state index is -0.818. The van der Waals surface area contributed by atoms with Crippen LogP contribution in [-0.2, 0) is 5.60 Å². The monoisotopic (exact) mass is 209 g/mol. The van der Waals surface area contributed by atoms with E-state index in [0.29, 0.717) is 19.0 Å². The van der Waals surface area contributed by atoms with Gasteiger partial charge < -0.3 is 10.0 Å². The van der Waals surface area contributed by atoms with E-state index in [4.69, 9.17) is 0 Å². The van der Waals surface area contributed by atoms with Crippen LogP contribution in [0.3, 0.4) is 0 Å². The lowest BCUT2D eigenvalue weighted by Gasteiger charge is -2.22. The SMILES string of the molecule is CC1CC(O)(c2ccc(F)cc2)CN1C. The van der Waals surface area contributed by atoms with Gasteiger partial charge in [-0.05, 0) is 38.1 Å². The Kier molecular flexibility index (Phi) is 2.52. The van der Waals surface area contributed by atoms with Gasteiger partial charge in [0.1, 0.15) is 11.4 Å². The maximum Gasteiger partial charge on any atom is 0.123 e. The van der Waals surface area contributed by atoms with Crippen LogP contribution in [-0.4, -0.2) is 29.6 Å². The number of benzene rings is 1. The highest BCUT2D eigenvalue weighted by atomic mass is 19.1. The maximum absolute atomic E-state index is 12.8. The third-order valence-corrected chi connectivity index (χ3v) is 3.28. The second-order valence-electron chi connectivity index (χ2n) is 4.51. The molecule has 1 saturated heterocycles. The molecule has 1 N–H and O–H groups in total. The van der Waals surface area contributed by atoms with Crippen LogP contribution in [0.1, 0.15) is 18.9 Å². The minimum Gasteiger partial charge on any atom is -0.384 e. The Bertz CT molecular complexity index is 339. The Morgan fingerprint density at radius 2 is 2.00 bits per heavy atom. The largest absolute Gasteiger partial charge is 0.384 e. The molecule has 1 fully saturated rings. The number of nitrogens with zero attached hydrogens (tertiary/aromatic N) is 1. The first-order valence-electron chi connectivity index (χ1n) is 5.20. The van der Waals surface area contributed by atoms with Crippen molar-refractivity contribution < 1.29 is 9.50 Å². The van der Waals surface area contributed by atoms with Crippen molar-refractivity contribution in [1.82, 2.24) is 4.90 Å². The molecule has 2 unspecified atom stereocenters. The number of halogens is 1. The number of aliphatic hydroxyl groups is 1. The lowest BCUT2D eigenvalue weighted by atomic mass is 9.91. The Morgan fingerprint density at radius 3 is 2.47 bits per heavy atom. The van der Waals surface area contributed by atoms with Gasteiger partial charge in [0.15, 0.2) is 0 Å². The van der Waals surface area contributed by atoms with E-state index in [-0.39, 0.29) is 5.82 Å². The highest BCUT2D eigenvalue weighted by molar-refractivity contribution is 5.25. The molecule has 0 amide bonds. The average molecular weight is 209 g/mol. The van der Waals surface area contributed by atoms with E-state index >= 15 is 0 Å². The number of likely N-dealkylation sites (N-methyl/N-ethyl adjacent to an activating group) is 1. The Labute approximate surface area is 89.3 Å². The van der Waals surface area contributed by atoms with E-state index in [9.17, 15) is 9.50 Å². The van der Waals surface area contributed by atoms with Crippen molar-refractivity contribution in [3.63, 3.8) is 0 Å². The molecule has 1 heterocycles. The summed E-state index contributed by atoms with van der Waals surface area (Å²) in [6.07, 6.45) is 0.704.